The van der Waals surface area contributed by atoms with E-state index in [1.807, 2.05) is 13.0 Å². The van der Waals surface area contributed by atoms with Crippen LogP contribution in [0.1, 0.15) is 19.8 Å². The van der Waals surface area contributed by atoms with Gasteiger partial charge < -0.3 is 9.90 Å². The second kappa shape index (κ2) is 3.52. The topological polar surface area (TPSA) is 54.4 Å². The molecule has 12 heavy (non-hydrogen) atoms. The van der Waals surface area contributed by atoms with E-state index in [-0.39, 0.29) is 5.92 Å². The number of rotatable bonds is 2. The van der Waals surface area contributed by atoms with Crippen LogP contribution in [-0.4, -0.2) is 17.4 Å². The lowest BCUT2D eigenvalue weighted by atomic mass is 9.81. The lowest BCUT2D eigenvalue weighted by Gasteiger charge is -2.22. The summed E-state index contributed by atoms with van der Waals surface area (Å²) >= 11 is 0. The van der Waals surface area contributed by atoms with Gasteiger partial charge in [0.1, 0.15) is 6.29 Å². The molecule has 1 N–H and O–H groups in total. The molecular weight excluding hydrogens is 156 g/mol. The molecule has 0 aromatic carbocycles. The minimum absolute atomic E-state index is 0.328. The van der Waals surface area contributed by atoms with Gasteiger partial charge in [-0.05, 0) is 19.8 Å². The molecule has 1 rings (SSSR count). The number of carbonyl (C=O) groups excluding carboxylic acids is 1. The van der Waals surface area contributed by atoms with E-state index in [1.165, 1.54) is 0 Å². The molecule has 0 saturated heterocycles. The van der Waals surface area contributed by atoms with Crippen molar-refractivity contribution in [1.82, 2.24) is 0 Å². The van der Waals surface area contributed by atoms with Crippen molar-refractivity contribution in [3.05, 3.63) is 11.6 Å². The third-order valence-electron chi connectivity index (χ3n) is 2.29. The third kappa shape index (κ3) is 1.72. The quantitative estimate of drug-likeness (QED) is 0.498. The Hall–Kier alpha value is -1.12. The smallest absolute Gasteiger partial charge is 0.307 e. The Kier molecular flexibility index (Phi) is 2.63. The Morgan fingerprint density at radius 3 is 2.92 bits per heavy atom. The van der Waals surface area contributed by atoms with Crippen LogP contribution < -0.4 is 0 Å². The van der Waals surface area contributed by atoms with E-state index in [4.69, 9.17) is 5.11 Å². The second-order valence-corrected chi connectivity index (χ2v) is 3.23. The number of carbonyl (C=O) groups is 2. The average Bonchev–Trinajstić information content (AvgIpc) is 2.04. The summed E-state index contributed by atoms with van der Waals surface area (Å²) in [4.78, 5) is 21.2. The molecule has 1 aliphatic rings. The Bertz CT molecular complexity index is 230. The number of hydrogen-bond acceptors (Lipinski definition) is 2. The van der Waals surface area contributed by atoms with Gasteiger partial charge in [0.05, 0.1) is 5.92 Å². The molecule has 3 heteroatoms. The summed E-state index contributed by atoms with van der Waals surface area (Å²) in [7, 11) is 0. The number of carboxylic acid groups (broad SMARTS) is 1. The molecule has 1 aliphatic carbocycles. The molecule has 0 aromatic rings. The Morgan fingerprint density at radius 1 is 1.75 bits per heavy atom. The minimum atomic E-state index is -0.862. The van der Waals surface area contributed by atoms with Gasteiger partial charge in [0.2, 0.25) is 0 Å². The van der Waals surface area contributed by atoms with E-state index in [2.05, 4.69) is 0 Å². The van der Waals surface area contributed by atoms with Crippen molar-refractivity contribution >= 4 is 12.3 Å². The predicted octanol–water partition coefficient (Wildman–Crippen LogP) is 1.24. The Balaban J connectivity index is 2.76. The number of aliphatic carboxylic acids is 1. The highest BCUT2D eigenvalue weighted by Crippen LogP contribution is 2.28. The number of aldehydes is 1. The number of allylic oxidation sites excluding steroid dienone is 2. The number of hydrogen-bond donors (Lipinski definition) is 1. The van der Waals surface area contributed by atoms with Crippen LogP contribution >= 0.6 is 0 Å². The van der Waals surface area contributed by atoms with Crippen molar-refractivity contribution in [2.75, 3.05) is 0 Å². The molecule has 0 radical (unpaired) electrons. The molecule has 0 saturated carbocycles. The first-order chi connectivity index (χ1) is 5.65. The van der Waals surface area contributed by atoms with E-state index < -0.39 is 11.9 Å². The Labute approximate surface area is 71.1 Å². The van der Waals surface area contributed by atoms with Gasteiger partial charge in [0.25, 0.3) is 0 Å². The fraction of sp³-hybridized carbons (Fsp3) is 0.556. The predicted molar refractivity (Wildman–Crippen MR) is 43.7 cm³/mol. The van der Waals surface area contributed by atoms with Gasteiger partial charge in [-0.2, -0.15) is 0 Å². The van der Waals surface area contributed by atoms with E-state index >= 15 is 0 Å². The average molecular weight is 168 g/mol. The fourth-order valence-electron chi connectivity index (χ4n) is 1.50. The van der Waals surface area contributed by atoms with E-state index in [9.17, 15) is 9.59 Å². The highest BCUT2D eigenvalue weighted by molar-refractivity contribution is 5.75. The summed E-state index contributed by atoms with van der Waals surface area (Å²) in [5, 5.41) is 8.77. The largest absolute Gasteiger partial charge is 0.481 e. The van der Waals surface area contributed by atoms with Crippen molar-refractivity contribution in [3.63, 3.8) is 0 Å². The first-order valence-electron chi connectivity index (χ1n) is 3.99. The van der Waals surface area contributed by atoms with Crippen LogP contribution in [0.2, 0.25) is 0 Å². The first kappa shape index (κ1) is 8.97. The van der Waals surface area contributed by atoms with Crippen molar-refractivity contribution in [2.45, 2.75) is 19.8 Å². The van der Waals surface area contributed by atoms with Crippen LogP contribution in [0.15, 0.2) is 11.6 Å². The van der Waals surface area contributed by atoms with Gasteiger partial charge in [0, 0.05) is 5.92 Å². The fourth-order valence-corrected chi connectivity index (χ4v) is 1.50. The van der Waals surface area contributed by atoms with Crippen molar-refractivity contribution < 1.29 is 14.7 Å². The van der Waals surface area contributed by atoms with Gasteiger partial charge in [0.15, 0.2) is 0 Å². The molecule has 0 unspecified atom stereocenters. The monoisotopic (exact) mass is 168 g/mol. The lowest BCUT2D eigenvalue weighted by molar-refractivity contribution is -0.145. The molecule has 2 atom stereocenters. The summed E-state index contributed by atoms with van der Waals surface area (Å²) in [6, 6.07) is 0. The standard InChI is InChI=1S/C9H12O3/c1-6-2-3-7(5-10)8(4-6)9(11)12/h2,5,7-8H,3-4H2,1H3,(H,11,12)/t7-,8-/m1/s1. The maximum Gasteiger partial charge on any atom is 0.307 e. The molecule has 0 amide bonds. The van der Waals surface area contributed by atoms with Crippen LogP contribution in [0.25, 0.3) is 0 Å². The van der Waals surface area contributed by atoms with Crippen LogP contribution in [0.3, 0.4) is 0 Å². The maximum atomic E-state index is 10.7. The first-order valence-corrected chi connectivity index (χ1v) is 3.99. The van der Waals surface area contributed by atoms with Crippen molar-refractivity contribution in [2.24, 2.45) is 11.8 Å². The zero-order valence-electron chi connectivity index (χ0n) is 6.99. The molecule has 0 bridgehead atoms. The summed E-state index contributed by atoms with van der Waals surface area (Å²) in [5.41, 5.74) is 1.07. The summed E-state index contributed by atoms with van der Waals surface area (Å²) < 4.78 is 0. The highest BCUT2D eigenvalue weighted by atomic mass is 16.4. The van der Waals surface area contributed by atoms with Crippen LogP contribution in [-0.2, 0) is 9.59 Å². The molecule has 0 aromatic heterocycles. The summed E-state index contributed by atoms with van der Waals surface area (Å²) in [6.07, 6.45) is 3.78. The van der Waals surface area contributed by atoms with Gasteiger partial charge in [-0.3, -0.25) is 4.79 Å². The lowest BCUT2D eigenvalue weighted by Crippen LogP contribution is -2.27. The summed E-state index contributed by atoms with van der Waals surface area (Å²) in [5.74, 6) is -1.70. The van der Waals surface area contributed by atoms with Gasteiger partial charge >= 0.3 is 5.97 Å². The van der Waals surface area contributed by atoms with E-state index in [0.717, 1.165) is 11.9 Å². The van der Waals surface area contributed by atoms with Crippen molar-refractivity contribution in [3.8, 4) is 0 Å². The SMILES string of the molecule is CC1=CC[C@H](C=O)[C@H](C(=O)O)C1. The maximum absolute atomic E-state index is 10.7. The minimum Gasteiger partial charge on any atom is -0.481 e. The summed E-state index contributed by atoms with van der Waals surface area (Å²) in [6.45, 7) is 1.90. The van der Waals surface area contributed by atoms with Crippen LogP contribution in [0.4, 0.5) is 0 Å². The molecule has 3 nitrogen and oxygen atoms in total. The van der Waals surface area contributed by atoms with E-state index in [1.54, 1.807) is 0 Å². The second-order valence-electron chi connectivity index (χ2n) is 3.23. The van der Waals surface area contributed by atoms with E-state index in [0.29, 0.717) is 12.8 Å². The molecular formula is C9H12O3. The third-order valence-corrected chi connectivity index (χ3v) is 2.29. The zero-order valence-corrected chi connectivity index (χ0v) is 6.99. The van der Waals surface area contributed by atoms with Gasteiger partial charge in [-0.25, -0.2) is 0 Å². The van der Waals surface area contributed by atoms with Gasteiger partial charge in [-0.1, -0.05) is 11.6 Å². The van der Waals surface area contributed by atoms with Crippen LogP contribution in [0.5, 0.6) is 0 Å². The normalized spacial score (nSPS) is 29.2. The Morgan fingerprint density at radius 2 is 2.42 bits per heavy atom. The number of carboxylic acids is 1. The van der Waals surface area contributed by atoms with Gasteiger partial charge in [-0.15, -0.1) is 0 Å². The van der Waals surface area contributed by atoms with Crippen molar-refractivity contribution in [1.29, 1.82) is 0 Å². The van der Waals surface area contributed by atoms with Crippen LogP contribution in [0, 0.1) is 11.8 Å². The molecule has 0 aliphatic heterocycles. The zero-order chi connectivity index (χ0) is 9.14. The molecule has 0 fully saturated rings. The molecule has 66 valence electrons. The highest BCUT2D eigenvalue weighted by Gasteiger charge is 2.29. The molecule has 0 heterocycles. The molecule has 0 spiro atoms.